The number of benzene rings is 1. The lowest BCUT2D eigenvalue weighted by molar-refractivity contribution is -0.138. The van der Waals surface area contributed by atoms with E-state index in [0.29, 0.717) is 0 Å². The van der Waals surface area contributed by atoms with Crippen molar-refractivity contribution in [1.29, 1.82) is 0 Å². The third kappa shape index (κ3) is 2.58. The van der Waals surface area contributed by atoms with Crippen molar-refractivity contribution >= 4 is 11.7 Å². The number of anilines is 1. The molecule has 3 N–H and O–H groups in total. The van der Waals surface area contributed by atoms with E-state index in [-0.39, 0.29) is 12.5 Å². The van der Waals surface area contributed by atoms with Crippen molar-refractivity contribution in [3.8, 4) is 0 Å². The maximum Gasteiger partial charge on any atom is 0.304 e. The van der Waals surface area contributed by atoms with Crippen LogP contribution in [0.3, 0.4) is 0 Å². The van der Waals surface area contributed by atoms with Gasteiger partial charge in [0.05, 0.1) is 6.42 Å². The van der Waals surface area contributed by atoms with Gasteiger partial charge in [-0.3, -0.25) is 9.69 Å². The molecule has 1 aliphatic heterocycles. The molecule has 1 atom stereocenters. The molecule has 92 valence electrons. The van der Waals surface area contributed by atoms with Crippen LogP contribution in [0.2, 0.25) is 0 Å². The molecule has 17 heavy (non-hydrogen) atoms. The van der Waals surface area contributed by atoms with Gasteiger partial charge in [0, 0.05) is 24.8 Å². The van der Waals surface area contributed by atoms with Crippen LogP contribution in [0.25, 0.3) is 0 Å². The highest BCUT2D eigenvalue weighted by Gasteiger charge is 2.22. The summed E-state index contributed by atoms with van der Waals surface area (Å²) in [6, 6.07) is 6.03. The molecule has 1 aromatic carbocycles. The average Bonchev–Trinajstić information content (AvgIpc) is 2.28. The predicted octanol–water partition coefficient (Wildman–Crippen LogP) is 1.49. The van der Waals surface area contributed by atoms with Gasteiger partial charge in [0.15, 0.2) is 0 Å². The topological polar surface area (TPSA) is 66.6 Å². The summed E-state index contributed by atoms with van der Waals surface area (Å²) in [5, 5.41) is 8.81. The van der Waals surface area contributed by atoms with Gasteiger partial charge in [-0.1, -0.05) is 12.1 Å². The van der Waals surface area contributed by atoms with Crippen LogP contribution in [-0.2, 0) is 17.8 Å². The van der Waals surface area contributed by atoms with Gasteiger partial charge in [-0.05, 0) is 30.5 Å². The molecular formula is C13H18N2O2. The molecule has 4 heteroatoms. The summed E-state index contributed by atoms with van der Waals surface area (Å²) in [6.45, 7) is 3.65. The van der Waals surface area contributed by atoms with Crippen molar-refractivity contribution in [2.24, 2.45) is 0 Å². The molecular weight excluding hydrogens is 216 g/mol. The first-order chi connectivity index (χ1) is 8.08. The minimum atomic E-state index is -0.740. The van der Waals surface area contributed by atoms with E-state index < -0.39 is 5.97 Å². The molecule has 0 bridgehead atoms. The summed E-state index contributed by atoms with van der Waals surface area (Å²) in [7, 11) is 0. The summed E-state index contributed by atoms with van der Waals surface area (Å²) >= 11 is 0. The van der Waals surface area contributed by atoms with Crippen LogP contribution in [0.4, 0.5) is 5.69 Å². The van der Waals surface area contributed by atoms with Gasteiger partial charge in [-0.25, -0.2) is 0 Å². The summed E-state index contributed by atoms with van der Waals surface area (Å²) in [5.41, 5.74) is 9.24. The second-order valence-electron chi connectivity index (χ2n) is 4.65. The van der Waals surface area contributed by atoms with Crippen molar-refractivity contribution in [2.45, 2.75) is 32.4 Å². The zero-order valence-corrected chi connectivity index (χ0v) is 10.0. The fraction of sp³-hybridized carbons (Fsp3) is 0.462. The Labute approximate surface area is 101 Å². The van der Waals surface area contributed by atoms with E-state index in [0.717, 1.165) is 25.2 Å². The van der Waals surface area contributed by atoms with E-state index in [2.05, 4.69) is 11.0 Å². The van der Waals surface area contributed by atoms with Gasteiger partial charge in [0.2, 0.25) is 0 Å². The number of carboxylic acid groups (broad SMARTS) is 1. The molecule has 1 aromatic rings. The smallest absolute Gasteiger partial charge is 0.304 e. The highest BCUT2D eigenvalue weighted by Crippen LogP contribution is 2.25. The Balaban J connectivity index is 2.11. The van der Waals surface area contributed by atoms with Gasteiger partial charge in [-0.2, -0.15) is 0 Å². The van der Waals surface area contributed by atoms with E-state index in [1.165, 1.54) is 11.1 Å². The van der Waals surface area contributed by atoms with E-state index in [1.54, 1.807) is 0 Å². The molecule has 0 amide bonds. The van der Waals surface area contributed by atoms with Gasteiger partial charge in [0.25, 0.3) is 0 Å². The Morgan fingerprint density at radius 1 is 1.59 bits per heavy atom. The third-order valence-corrected chi connectivity index (χ3v) is 3.43. The van der Waals surface area contributed by atoms with Crippen LogP contribution >= 0.6 is 0 Å². The van der Waals surface area contributed by atoms with Gasteiger partial charge >= 0.3 is 5.97 Å². The Morgan fingerprint density at radius 2 is 2.35 bits per heavy atom. The second kappa shape index (κ2) is 4.75. The number of nitrogens with two attached hydrogens (primary N) is 1. The van der Waals surface area contributed by atoms with Crippen LogP contribution < -0.4 is 5.73 Å². The standard InChI is InChI=1S/C13H18N2O2/c1-9(7-13(16)17)15-6-5-11-10(8-15)3-2-4-12(11)14/h2-4,9H,5-8,14H2,1H3,(H,16,17). The van der Waals surface area contributed by atoms with Crippen LogP contribution in [0.5, 0.6) is 0 Å². The van der Waals surface area contributed by atoms with Crippen molar-refractivity contribution in [3.63, 3.8) is 0 Å². The molecule has 2 rings (SSSR count). The highest BCUT2D eigenvalue weighted by atomic mass is 16.4. The van der Waals surface area contributed by atoms with Gasteiger partial charge < -0.3 is 10.8 Å². The third-order valence-electron chi connectivity index (χ3n) is 3.43. The van der Waals surface area contributed by atoms with Crippen molar-refractivity contribution in [3.05, 3.63) is 29.3 Å². The maximum absolute atomic E-state index is 10.7. The molecule has 0 aromatic heterocycles. The quantitative estimate of drug-likeness (QED) is 0.778. The van der Waals surface area contributed by atoms with Crippen LogP contribution in [0.15, 0.2) is 18.2 Å². The molecule has 1 aliphatic rings. The first kappa shape index (κ1) is 11.9. The first-order valence-corrected chi connectivity index (χ1v) is 5.90. The molecule has 0 aliphatic carbocycles. The number of nitrogen functional groups attached to an aromatic ring is 1. The number of carbonyl (C=O) groups is 1. The largest absolute Gasteiger partial charge is 0.481 e. The van der Waals surface area contributed by atoms with Crippen molar-refractivity contribution in [2.75, 3.05) is 12.3 Å². The lowest BCUT2D eigenvalue weighted by Crippen LogP contribution is -2.38. The number of hydrogen-bond donors (Lipinski definition) is 2. The van der Waals surface area contributed by atoms with Crippen LogP contribution in [0, 0.1) is 0 Å². The molecule has 0 spiro atoms. The monoisotopic (exact) mass is 234 g/mol. The molecule has 0 saturated heterocycles. The molecule has 0 radical (unpaired) electrons. The highest BCUT2D eigenvalue weighted by molar-refractivity contribution is 5.67. The predicted molar refractivity (Wildman–Crippen MR) is 66.7 cm³/mol. The Bertz CT molecular complexity index is 431. The number of nitrogens with zero attached hydrogens (tertiary/aromatic N) is 1. The van der Waals surface area contributed by atoms with E-state index in [1.807, 2.05) is 19.1 Å². The van der Waals surface area contributed by atoms with Crippen molar-refractivity contribution < 1.29 is 9.90 Å². The number of rotatable bonds is 3. The lowest BCUT2D eigenvalue weighted by Gasteiger charge is -2.33. The van der Waals surface area contributed by atoms with E-state index >= 15 is 0 Å². The van der Waals surface area contributed by atoms with Crippen LogP contribution in [-0.4, -0.2) is 28.6 Å². The second-order valence-corrected chi connectivity index (χ2v) is 4.65. The molecule has 0 fully saturated rings. The maximum atomic E-state index is 10.7. The fourth-order valence-electron chi connectivity index (χ4n) is 2.42. The number of aliphatic carboxylic acids is 1. The Kier molecular flexibility index (Phi) is 3.33. The summed E-state index contributed by atoms with van der Waals surface area (Å²) in [5.74, 6) is -0.740. The Morgan fingerprint density at radius 3 is 3.06 bits per heavy atom. The van der Waals surface area contributed by atoms with Gasteiger partial charge in [0.1, 0.15) is 0 Å². The Hall–Kier alpha value is -1.55. The minimum absolute atomic E-state index is 0.0714. The zero-order chi connectivity index (χ0) is 12.4. The zero-order valence-electron chi connectivity index (χ0n) is 10.0. The number of hydrogen-bond acceptors (Lipinski definition) is 3. The lowest BCUT2D eigenvalue weighted by atomic mass is 9.96. The van der Waals surface area contributed by atoms with E-state index in [4.69, 9.17) is 10.8 Å². The molecule has 0 saturated carbocycles. The minimum Gasteiger partial charge on any atom is -0.481 e. The van der Waals surface area contributed by atoms with E-state index in [9.17, 15) is 4.79 Å². The summed E-state index contributed by atoms with van der Waals surface area (Å²) in [4.78, 5) is 12.9. The van der Waals surface area contributed by atoms with Crippen molar-refractivity contribution in [1.82, 2.24) is 4.90 Å². The first-order valence-electron chi connectivity index (χ1n) is 5.90. The molecule has 1 heterocycles. The average molecular weight is 234 g/mol. The van der Waals surface area contributed by atoms with Gasteiger partial charge in [-0.15, -0.1) is 0 Å². The molecule has 1 unspecified atom stereocenters. The van der Waals surface area contributed by atoms with Crippen LogP contribution in [0.1, 0.15) is 24.5 Å². The number of fused-ring (bicyclic) bond motifs is 1. The summed E-state index contributed by atoms with van der Waals surface area (Å²) in [6.07, 6.45) is 1.10. The molecule has 4 nitrogen and oxygen atoms in total. The number of carboxylic acids is 1. The SMILES string of the molecule is CC(CC(=O)O)N1CCc2c(N)cccc2C1. The summed E-state index contributed by atoms with van der Waals surface area (Å²) < 4.78 is 0. The fourth-order valence-corrected chi connectivity index (χ4v) is 2.42. The normalized spacial score (nSPS) is 17.5.